The van der Waals surface area contributed by atoms with E-state index in [1.54, 1.807) is 6.92 Å². The SMILES string of the molecule is C=C(C)C(=O)OCC1CO1.CCC(CO)(CO)CO. The molecule has 0 aromatic heterocycles. The minimum Gasteiger partial charge on any atom is -0.459 e. The summed E-state index contributed by atoms with van der Waals surface area (Å²) in [6.45, 7) is 7.49. The van der Waals surface area contributed by atoms with Crippen LogP contribution >= 0.6 is 0 Å². The summed E-state index contributed by atoms with van der Waals surface area (Å²) >= 11 is 0. The maximum atomic E-state index is 10.7. The van der Waals surface area contributed by atoms with E-state index in [2.05, 4.69) is 6.58 Å². The van der Waals surface area contributed by atoms with Gasteiger partial charge in [0.1, 0.15) is 12.7 Å². The molecule has 3 N–H and O–H groups in total. The Morgan fingerprint density at radius 1 is 1.37 bits per heavy atom. The molecule has 0 saturated carbocycles. The van der Waals surface area contributed by atoms with E-state index in [0.29, 0.717) is 25.2 Å². The average molecular weight is 276 g/mol. The first-order valence-corrected chi connectivity index (χ1v) is 6.21. The van der Waals surface area contributed by atoms with Crippen LogP contribution in [0.25, 0.3) is 0 Å². The molecule has 0 aromatic carbocycles. The molecule has 0 amide bonds. The van der Waals surface area contributed by atoms with Crippen LogP contribution in [0.1, 0.15) is 20.3 Å². The minimum atomic E-state index is -0.667. The molecule has 0 aliphatic carbocycles. The highest BCUT2D eigenvalue weighted by atomic mass is 16.6. The van der Waals surface area contributed by atoms with Crippen LogP contribution in [0, 0.1) is 5.41 Å². The number of epoxide rings is 1. The third-order valence-electron chi connectivity index (χ3n) is 2.91. The monoisotopic (exact) mass is 276 g/mol. The first-order valence-electron chi connectivity index (χ1n) is 6.21. The Kier molecular flexibility index (Phi) is 8.58. The predicted octanol–water partition coefficient (Wildman–Crippen LogP) is -0.136. The van der Waals surface area contributed by atoms with Crippen LogP contribution in [0.3, 0.4) is 0 Å². The molecule has 19 heavy (non-hydrogen) atoms. The van der Waals surface area contributed by atoms with Gasteiger partial charge in [0.15, 0.2) is 0 Å². The molecule has 1 atom stereocenters. The van der Waals surface area contributed by atoms with E-state index in [9.17, 15) is 4.79 Å². The summed E-state index contributed by atoms with van der Waals surface area (Å²) in [5.41, 5.74) is -0.236. The zero-order valence-corrected chi connectivity index (χ0v) is 11.6. The van der Waals surface area contributed by atoms with Crippen molar-refractivity contribution in [2.45, 2.75) is 26.4 Å². The third kappa shape index (κ3) is 7.27. The standard InChI is InChI=1S/C7H10O3.C6H14O3/c1-5(2)7(8)10-4-6-3-9-6;1-2-6(3-7,4-8)5-9/h6H,1,3-4H2,2H3;7-9H,2-5H2,1H3. The van der Waals surface area contributed by atoms with Crippen LogP contribution in [-0.2, 0) is 14.3 Å². The first kappa shape index (κ1) is 18.0. The van der Waals surface area contributed by atoms with Crippen molar-refractivity contribution in [2.24, 2.45) is 5.41 Å². The molecule has 1 saturated heterocycles. The number of ether oxygens (including phenoxy) is 2. The highest BCUT2D eigenvalue weighted by Crippen LogP contribution is 2.18. The van der Waals surface area contributed by atoms with Crippen LogP contribution in [0.4, 0.5) is 0 Å². The lowest BCUT2D eigenvalue weighted by Crippen LogP contribution is -2.32. The largest absolute Gasteiger partial charge is 0.459 e. The van der Waals surface area contributed by atoms with Crippen molar-refractivity contribution in [3.63, 3.8) is 0 Å². The van der Waals surface area contributed by atoms with Crippen molar-refractivity contribution >= 4 is 5.97 Å². The maximum Gasteiger partial charge on any atom is 0.333 e. The van der Waals surface area contributed by atoms with E-state index in [1.807, 2.05) is 6.92 Å². The number of aliphatic hydroxyl groups excluding tert-OH is 3. The molecule has 1 heterocycles. The molecule has 0 aromatic rings. The Morgan fingerprint density at radius 3 is 2.05 bits per heavy atom. The molecule has 0 spiro atoms. The molecular weight excluding hydrogens is 252 g/mol. The molecule has 1 aliphatic rings. The van der Waals surface area contributed by atoms with Crippen molar-refractivity contribution < 1.29 is 29.6 Å². The molecule has 1 unspecified atom stereocenters. The van der Waals surface area contributed by atoms with Gasteiger partial charge in [0, 0.05) is 11.0 Å². The summed E-state index contributed by atoms with van der Waals surface area (Å²) in [5.74, 6) is -0.337. The number of rotatable bonds is 7. The molecule has 1 aliphatic heterocycles. The van der Waals surface area contributed by atoms with Crippen molar-refractivity contribution in [2.75, 3.05) is 33.0 Å². The van der Waals surface area contributed by atoms with Crippen LogP contribution in [0.15, 0.2) is 12.2 Å². The summed E-state index contributed by atoms with van der Waals surface area (Å²) in [4.78, 5) is 10.7. The molecule has 1 fully saturated rings. The van der Waals surface area contributed by atoms with E-state index in [4.69, 9.17) is 24.8 Å². The number of aliphatic hydroxyl groups is 3. The van der Waals surface area contributed by atoms with Crippen LogP contribution in [-0.4, -0.2) is 60.4 Å². The predicted molar refractivity (Wildman–Crippen MR) is 69.5 cm³/mol. The maximum absolute atomic E-state index is 10.7. The summed E-state index contributed by atoms with van der Waals surface area (Å²) in [6.07, 6.45) is 0.736. The minimum absolute atomic E-state index is 0.142. The normalized spacial score (nSPS) is 17.2. The van der Waals surface area contributed by atoms with Gasteiger partial charge in [-0.1, -0.05) is 13.5 Å². The Hall–Kier alpha value is -0.950. The summed E-state index contributed by atoms with van der Waals surface area (Å²) < 4.78 is 9.60. The third-order valence-corrected chi connectivity index (χ3v) is 2.91. The van der Waals surface area contributed by atoms with E-state index in [0.717, 1.165) is 0 Å². The van der Waals surface area contributed by atoms with Gasteiger partial charge in [-0.25, -0.2) is 4.79 Å². The van der Waals surface area contributed by atoms with Gasteiger partial charge < -0.3 is 24.8 Å². The van der Waals surface area contributed by atoms with Crippen molar-refractivity contribution in [3.05, 3.63) is 12.2 Å². The zero-order chi connectivity index (χ0) is 14.9. The first-order chi connectivity index (χ1) is 8.94. The summed E-state index contributed by atoms with van der Waals surface area (Å²) in [5, 5.41) is 26.0. The van der Waals surface area contributed by atoms with E-state index < -0.39 is 5.41 Å². The van der Waals surface area contributed by atoms with Crippen LogP contribution < -0.4 is 0 Å². The number of esters is 1. The smallest absolute Gasteiger partial charge is 0.333 e. The van der Waals surface area contributed by atoms with Gasteiger partial charge in [0.25, 0.3) is 0 Å². The number of carbonyl (C=O) groups excluding carboxylic acids is 1. The van der Waals surface area contributed by atoms with E-state index >= 15 is 0 Å². The number of hydrogen-bond acceptors (Lipinski definition) is 6. The van der Waals surface area contributed by atoms with Gasteiger partial charge in [-0.3, -0.25) is 0 Å². The van der Waals surface area contributed by atoms with Crippen LogP contribution in [0.2, 0.25) is 0 Å². The Bertz CT molecular complexity index is 263. The second-order valence-electron chi connectivity index (χ2n) is 4.66. The Balaban J connectivity index is 0.000000344. The number of hydrogen-bond donors (Lipinski definition) is 3. The molecule has 0 bridgehead atoms. The molecular formula is C13H24O6. The van der Waals surface area contributed by atoms with Gasteiger partial charge in [-0.2, -0.15) is 0 Å². The fraction of sp³-hybridized carbons (Fsp3) is 0.769. The molecule has 6 heteroatoms. The Labute approximate surface area is 113 Å². The lowest BCUT2D eigenvalue weighted by Gasteiger charge is -2.24. The fourth-order valence-corrected chi connectivity index (χ4v) is 0.942. The quantitative estimate of drug-likeness (QED) is 0.340. The lowest BCUT2D eigenvalue weighted by molar-refractivity contribution is -0.139. The fourth-order valence-electron chi connectivity index (χ4n) is 0.942. The second kappa shape index (κ2) is 9.03. The van der Waals surface area contributed by atoms with Gasteiger partial charge >= 0.3 is 5.97 Å². The molecule has 112 valence electrons. The molecule has 0 radical (unpaired) electrons. The molecule has 1 rings (SSSR count). The lowest BCUT2D eigenvalue weighted by atomic mass is 9.88. The summed E-state index contributed by atoms with van der Waals surface area (Å²) in [7, 11) is 0. The van der Waals surface area contributed by atoms with Gasteiger partial charge in [-0.05, 0) is 13.3 Å². The summed E-state index contributed by atoms with van der Waals surface area (Å²) in [6, 6.07) is 0. The van der Waals surface area contributed by atoms with Gasteiger partial charge in [-0.15, -0.1) is 0 Å². The van der Waals surface area contributed by atoms with E-state index in [1.165, 1.54) is 0 Å². The topological polar surface area (TPSA) is 99.5 Å². The Morgan fingerprint density at radius 2 is 1.84 bits per heavy atom. The van der Waals surface area contributed by atoms with Crippen LogP contribution in [0.5, 0.6) is 0 Å². The number of carbonyl (C=O) groups is 1. The molecule has 6 nitrogen and oxygen atoms in total. The van der Waals surface area contributed by atoms with Gasteiger partial charge in [0.2, 0.25) is 0 Å². The van der Waals surface area contributed by atoms with Crippen molar-refractivity contribution in [1.82, 2.24) is 0 Å². The van der Waals surface area contributed by atoms with Crippen molar-refractivity contribution in [3.8, 4) is 0 Å². The zero-order valence-electron chi connectivity index (χ0n) is 11.6. The highest BCUT2D eigenvalue weighted by molar-refractivity contribution is 5.86. The average Bonchev–Trinajstić information content (AvgIpc) is 3.24. The second-order valence-corrected chi connectivity index (χ2v) is 4.66. The highest BCUT2D eigenvalue weighted by Gasteiger charge is 2.25. The van der Waals surface area contributed by atoms with Gasteiger partial charge in [0.05, 0.1) is 26.4 Å². The van der Waals surface area contributed by atoms with Crippen molar-refractivity contribution in [1.29, 1.82) is 0 Å². The van der Waals surface area contributed by atoms with E-state index in [-0.39, 0.29) is 31.9 Å².